The average Bonchev–Trinajstić information content (AvgIpc) is 2.97. The summed E-state index contributed by atoms with van der Waals surface area (Å²) in [5.41, 5.74) is 2.13. The summed E-state index contributed by atoms with van der Waals surface area (Å²) < 4.78 is 29.4. The van der Waals surface area contributed by atoms with Crippen LogP contribution in [0.2, 0.25) is 0 Å². The van der Waals surface area contributed by atoms with Gasteiger partial charge in [-0.1, -0.05) is 139 Å². The Balaban J connectivity index is 1.61. The fourth-order valence-corrected chi connectivity index (χ4v) is 10.4. The summed E-state index contributed by atoms with van der Waals surface area (Å²) >= 11 is 0. The highest BCUT2D eigenvalue weighted by molar-refractivity contribution is 7.78. The normalized spacial score (nSPS) is 11.8. The van der Waals surface area contributed by atoms with Crippen LogP contribution in [-0.4, -0.2) is 5.11 Å². The molecule has 0 fully saturated rings. The van der Waals surface area contributed by atoms with Gasteiger partial charge in [-0.05, 0) is 6.92 Å². The van der Waals surface area contributed by atoms with E-state index in [1.165, 1.54) is 0 Å². The van der Waals surface area contributed by atoms with Crippen LogP contribution in [0.15, 0.2) is 133 Å². The van der Waals surface area contributed by atoms with Crippen LogP contribution in [0, 0.1) is 6.92 Å². The topological polar surface area (TPSA) is 54.4 Å². The lowest BCUT2D eigenvalue weighted by atomic mass is 10.1. The van der Waals surface area contributed by atoms with E-state index in [0.717, 1.165) is 26.8 Å². The zero-order valence-electron chi connectivity index (χ0n) is 21.3. The van der Waals surface area contributed by atoms with E-state index in [1.54, 1.807) is 0 Å². The Kier molecular flexibility index (Phi) is 7.52. The molecule has 0 bridgehead atoms. The van der Waals surface area contributed by atoms with Crippen LogP contribution in [0.4, 0.5) is 0 Å². The smallest absolute Gasteiger partial charge is 0.147 e. The first-order chi connectivity index (χ1) is 18.4. The zero-order valence-corrected chi connectivity index (χ0v) is 23.1. The molecular formula is C33H30O3P2. The van der Waals surface area contributed by atoms with Crippen LogP contribution in [0.3, 0.4) is 0 Å². The lowest BCUT2D eigenvalue weighted by Gasteiger charge is -2.23. The first-order valence-corrected chi connectivity index (χ1v) is 16.4. The molecule has 0 aromatic heterocycles. The molecule has 0 aliphatic rings. The molecule has 0 aliphatic carbocycles. The molecule has 3 nitrogen and oxygen atoms in total. The summed E-state index contributed by atoms with van der Waals surface area (Å²) in [6.07, 6.45) is 0.338. The third-order valence-corrected chi connectivity index (χ3v) is 13.0. The molecular weight excluding hydrogens is 506 g/mol. The molecule has 5 rings (SSSR count). The standard InChI is InChI=1S/C33H30O3P2/c1-26-22-27(24-37(35,29-14-6-2-7-15-29)30-16-8-3-9-17-30)33(34)28(23-26)25-38(36,31-18-10-4-11-19-31)32-20-12-5-13-21-32/h2-23,34H,24-25H2,1H3. The molecule has 0 radical (unpaired) electrons. The highest BCUT2D eigenvalue weighted by Crippen LogP contribution is 2.52. The first kappa shape index (κ1) is 26.0. The number of benzene rings is 5. The number of hydrogen-bond donors (Lipinski definition) is 1. The summed E-state index contributed by atoms with van der Waals surface area (Å²) in [6.45, 7) is 1.96. The maximum absolute atomic E-state index is 14.7. The van der Waals surface area contributed by atoms with E-state index >= 15 is 0 Å². The maximum Gasteiger partial charge on any atom is 0.147 e. The van der Waals surface area contributed by atoms with Crippen LogP contribution in [0.25, 0.3) is 0 Å². The van der Waals surface area contributed by atoms with Crippen molar-refractivity contribution < 1.29 is 14.2 Å². The molecule has 1 N–H and O–H groups in total. The number of rotatable bonds is 8. The first-order valence-electron chi connectivity index (χ1n) is 12.6. The molecule has 0 spiro atoms. The van der Waals surface area contributed by atoms with Crippen molar-refractivity contribution in [3.05, 3.63) is 150 Å². The summed E-state index contributed by atoms with van der Waals surface area (Å²) in [5.74, 6) is 0.0646. The Labute approximate surface area is 224 Å². The molecule has 190 valence electrons. The van der Waals surface area contributed by atoms with Crippen LogP contribution < -0.4 is 21.2 Å². The number of aryl methyl sites for hydroxylation is 1. The second kappa shape index (κ2) is 11.0. The summed E-state index contributed by atoms with van der Waals surface area (Å²) in [7, 11) is -6.22. The van der Waals surface area contributed by atoms with Gasteiger partial charge < -0.3 is 14.2 Å². The molecule has 5 aromatic carbocycles. The van der Waals surface area contributed by atoms with Gasteiger partial charge in [0.15, 0.2) is 0 Å². The minimum absolute atomic E-state index is 0.0646. The highest BCUT2D eigenvalue weighted by Gasteiger charge is 2.32. The summed E-state index contributed by atoms with van der Waals surface area (Å²) in [5, 5.41) is 14.6. The van der Waals surface area contributed by atoms with Gasteiger partial charge in [-0.15, -0.1) is 0 Å². The Morgan fingerprint density at radius 2 is 0.763 bits per heavy atom. The Morgan fingerprint density at radius 3 is 1.03 bits per heavy atom. The van der Waals surface area contributed by atoms with Gasteiger partial charge in [0, 0.05) is 44.7 Å². The third-order valence-electron chi connectivity index (χ3n) is 6.89. The molecule has 0 aliphatic heterocycles. The van der Waals surface area contributed by atoms with Crippen LogP contribution >= 0.6 is 14.3 Å². The lowest BCUT2D eigenvalue weighted by molar-refractivity contribution is 0.464. The van der Waals surface area contributed by atoms with E-state index in [2.05, 4.69) is 0 Å². The highest BCUT2D eigenvalue weighted by atomic mass is 31.2. The van der Waals surface area contributed by atoms with Gasteiger partial charge in [-0.25, -0.2) is 0 Å². The Bertz CT molecular complexity index is 1410. The quantitative estimate of drug-likeness (QED) is 0.224. The summed E-state index contributed by atoms with van der Waals surface area (Å²) in [6, 6.07) is 41.7. The van der Waals surface area contributed by atoms with Crippen LogP contribution in [0.5, 0.6) is 5.75 Å². The third kappa shape index (κ3) is 5.18. The van der Waals surface area contributed by atoms with Gasteiger partial charge >= 0.3 is 0 Å². The largest absolute Gasteiger partial charge is 0.507 e. The van der Waals surface area contributed by atoms with Crippen molar-refractivity contribution in [1.29, 1.82) is 0 Å². The van der Waals surface area contributed by atoms with Gasteiger partial charge in [-0.3, -0.25) is 0 Å². The van der Waals surface area contributed by atoms with Crippen LogP contribution in [-0.2, 0) is 21.5 Å². The van der Waals surface area contributed by atoms with E-state index < -0.39 is 14.3 Å². The van der Waals surface area contributed by atoms with Crippen molar-refractivity contribution in [2.75, 3.05) is 0 Å². The minimum atomic E-state index is -3.11. The minimum Gasteiger partial charge on any atom is -0.507 e. The molecule has 0 unspecified atom stereocenters. The zero-order chi connectivity index (χ0) is 26.6. The number of aromatic hydroxyl groups is 1. The van der Waals surface area contributed by atoms with E-state index in [9.17, 15) is 14.2 Å². The maximum atomic E-state index is 14.7. The van der Waals surface area contributed by atoms with Crippen molar-refractivity contribution in [2.45, 2.75) is 19.2 Å². The second-order valence-corrected chi connectivity index (χ2v) is 15.2. The van der Waals surface area contributed by atoms with E-state index in [1.807, 2.05) is 140 Å². The lowest BCUT2D eigenvalue weighted by Crippen LogP contribution is -2.18. The van der Waals surface area contributed by atoms with Crippen molar-refractivity contribution in [3.63, 3.8) is 0 Å². The number of phenolic OH excluding ortho intramolecular Hbond substituents is 1. The van der Waals surface area contributed by atoms with Crippen molar-refractivity contribution in [2.24, 2.45) is 0 Å². The molecule has 0 atom stereocenters. The molecule has 0 saturated carbocycles. The Hall–Kier alpha value is -3.64. The van der Waals surface area contributed by atoms with Crippen molar-refractivity contribution in [3.8, 4) is 5.75 Å². The van der Waals surface area contributed by atoms with Gasteiger partial charge in [0.1, 0.15) is 20.0 Å². The van der Waals surface area contributed by atoms with E-state index in [4.69, 9.17) is 0 Å². The fraction of sp³-hybridized carbons (Fsp3) is 0.0909. The van der Waals surface area contributed by atoms with Gasteiger partial charge in [0.05, 0.1) is 0 Å². The number of phenols is 1. The monoisotopic (exact) mass is 536 g/mol. The average molecular weight is 537 g/mol. The van der Waals surface area contributed by atoms with Gasteiger partial charge in [-0.2, -0.15) is 0 Å². The molecule has 38 heavy (non-hydrogen) atoms. The van der Waals surface area contributed by atoms with Crippen molar-refractivity contribution >= 4 is 35.5 Å². The van der Waals surface area contributed by atoms with Crippen molar-refractivity contribution in [1.82, 2.24) is 0 Å². The molecule has 0 saturated heterocycles. The SMILES string of the molecule is Cc1cc(CP(=O)(c2ccccc2)c2ccccc2)c(O)c(CP(=O)(c2ccccc2)c2ccccc2)c1. The number of hydrogen-bond acceptors (Lipinski definition) is 3. The van der Waals surface area contributed by atoms with E-state index in [0.29, 0.717) is 11.1 Å². The molecule has 0 amide bonds. The fourth-order valence-electron chi connectivity index (χ4n) is 4.99. The van der Waals surface area contributed by atoms with Gasteiger partial charge in [0.2, 0.25) is 0 Å². The second-order valence-electron chi connectivity index (χ2n) is 9.57. The predicted molar refractivity (Wildman–Crippen MR) is 160 cm³/mol. The van der Waals surface area contributed by atoms with Crippen LogP contribution in [0.1, 0.15) is 16.7 Å². The molecule has 5 aromatic rings. The molecule has 5 heteroatoms. The Morgan fingerprint density at radius 1 is 0.500 bits per heavy atom. The van der Waals surface area contributed by atoms with E-state index in [-0.39, 0.29) is 18.1 Å². The van der Waals surface area contributed by atoms with Gasteiger partial charge in [0.25, 0.3) is 0 Å². The summed E-state index contributed by atoms with van der Waals surface area (Å²) in [4.78, 5) is 0. The predicted octanol–water partition coefficient (Wildman–Crippen LogP) is 6.73. The molecule has 0 heterocycles.